The molecule has 2 fully saturated rings. The molecule has 2 aliphatic rings. The zero-order valence-electron chi connectivity index (χ0n) is 11.0. The van der Waals surface area contributed by atoms with Gasteiger partial charge >= 0.3 is 0 Å². The Bertz CT molecular complexity index is 466. The van der Waals surface area contributed by atoms with E-state index in [0.717, 1.165) is 30.8 Å². The molecule has 1 aromatic carbocycles. The maximum absolute atomic E-state index is 7.36. The highest BCUT2D eigenvalue weighted by Gasteiger charge is 2.43. The molecule has 1 saturated heterocycles. The maximum Gasteiger partial charge on any atom is 0.122 e. The quantitative estimate of drug-likeness (QED) is 0.648. The van der Waals surface area contributed by atoms with Gasteiger partial charge in [-0.05, 0) is 43.5 Å². The molecule has 1 heterocycles. The molecule has 3 rings (SSSR count). The zero-order valence-corrected chi connectivity index (χ0v) is 11.0. The van der Waals surface area contributed by atoms with Crippen molar-refractivity contribution in [3.05, 3.63) is 29.8 Å². The molecule has 1 aliphatic carbocycles. The van der Waals surface area contributed by atoms with Crippen molar-refractivity contribution in [2.24, 2.45) is 5.73 Å². The fourth-order valence-electron chi connectivity index (χ4n) is 2.91. The number of ether oxygens (including phenoxy) is 2. The first-order valence-corrected chi connectivity index (χ1v) is 6.92. The molecule has 0 aromatic heterocycles. The van der Waals surface area contributed by atoms with Gasteiger partial charge in [-0.25, -0.2) is 0 Å². The van der Waals surface area contributed by atoms with E-state index in [1.54, 1.807) is 0 Å². The average Bonchev–Trinajstić information content (AvgIpc) is 2.38. The highest BCUT2D eigenvalue weighted by atomic mass is 16.5. The summed E-state index contributed by atoms with van der Waals surface area (Å²) in [6, 6.07) is 7.44. The van der Waals surface area contributed by atoms with Crippen LogP contribution in [0.1, 0.15) is 37.7 Å². The van der Waals surface area contributed by atoms with Crippen LogP contribution in [-0.2, 0) is 4.74 Å². The first-order valence-electron chi connectivity index (χ1n) is 6.92. The van der Waals surface area contributed by atoms with Gasteiger partial charge in [0.1, 0.15) is 17.7 Å². The predicted molar refractivity (Wildman–Crippen MR) is 73.6 cm³/mol. The summed E-state index contributed by atoms with van der Waals surface area (Å²) in [7, 11) is 0. The lowest BCUT2D eigenvalue weighted by Gasteiger charge is -2.46. The van der Waals surface area contributed by atoms with Gasteiger partial charge < -0.3 is 15.2 Å². The molecule has 1 atom stereocenters. The van der Waals surface area contributed by atoms with Crippen molar-refractivity contribution in [1.29, 1.82) is 5.41 Å². The van der Waals surface area contributed by atoms with Crippen molar-refractivity contribution in [1.82, 2.24) is 0 Å². The molecular formula is C15H20N2O2. The van der Waals surface area contributed by atoms with E-state index in [-0.39, 0.29) is 17.5 Å². The number of nitrogens with one attached hydrogen (secondary N) is 1. The van der Waals surface area contributed by atoms with E-state index in [9.17, 15) is 0 Å². The summed E-state index contributed by atoms with van der Waals surface area (Å²) in [6.07, 6.45) is 5.83. The monoisotopic (exact) mass is 260 g/mol. The minimum absolute atomic E-state index is 0.0889. The van der Waals surface area contributed by atoms with E-state index in [0.29, 0.717) is 0 Å². The molecule has 1 spiro atoms. The van der Waals surface area contributed by atoms with Crippen molar-refractivity contribution >= 4 is 5.84 Å². The Balaban J connectivity index is 1.62. The molecule has 1 aliphatic heterocycles. The lowest BCUT2D eigenvalue weighted by atomic mass is 9.74. The van der Waals surface area contributed by atoms with Crippen LogP contribution in [0.5, 0.6) is 5.75 Å². The van der Waals surface area contributed by atoms with Gasteiger partial charge in [0.2, 0.25) is 0 Å². The van der Waals surface area contributed by atoms with Gasteiger partial charge in [-0.2, -0.15) is 0 Å². The van der Waals surface area contributed by atoms with Crippen LogP contribution in [0.3, 0.4) is 0 Å². The van der Waals surface area contributed by atoms with Gasteiger partial charge in [0.15, 0.2) is 0 Å². The number of nitrogens with two attached hydrogens (primary N) is 1. The molecule has 0 radical (unpaired) electrons. The summed E-state index contributed by atoms with van der Waals surface area (Å²) in [6.45, 7) is 0.802. The van der Waals surface area contributed by atoms with Crippen molar-refractivity contribution in [3.8, 4) is 5.75 Å². The number of amidine groups is 1. The Kier molecular flexibility index (Phi) is 3.19. The second-order valence-corrected chi connectivity index (χ2v) is 5.56. The first kappa shape index (κ1) is 12.5. The Morgan fingerprint density at radius 2 is 2.05 bits per heavy atom. The van der Waals surface area contributed by atoms with Gasteiger partial charge in [-0.15, -0.1) is 0 Å². The maximum atomic E-state index is 7.36. The Hall–Kier alpha value is -1.55. The van der Waals surface area contributed by atoms with E-state index in [1.807, 2.05) is 24.3 Å². The lowest BCUT2D eigenvalue weighted by molar-refractivity contribution is -0.153. The molecule has 4 heteroatoms. The van der Waals surface area contributed by atoms with Crippen molar-refractivity contribution in [2.75, 3.05) is 6.61 Å². The van der Waals surface area contributed by atoms with Crippen LogP contribution in [0.15, 0.2) is 24.3 Å². The van der Waals surface area contributed by atoms with Crippen LogP contribution >= 0.6 is 0 Å². The molecule has 0 amide bonds. The smallest absolute Gasteiger partial charge is 0.122 e. The van der Waals surface area contributed by atoms with E-state index >= 15 is 0 Å². The number of hydrogen-bond acceptors (Lipinski definition) is 3. The topological polar surface area (TPSA) is 68.3 Å². The first-order chi connectivity index (χ1) is 9.17. The third-order valence-electron chi connectivity index (χ3n) is 4.18. The lowest BCUT2D eigenvalue weighted by Crippen LogP contribution is -2.48. The highest BCUT2D eigenvalue weighted by Crippen LogP contribution is 2.43. The van der Waals surface area contributed by atoms with E-state index in [4.69, 9.17) is 20.6 Å². The summed E-state index contributed by atoms with van der Waals surface area (Å²) in [5, 5.41) is 7.36. The number of benzene rings is 1. The summed E-state index contributed by atoms with van der Waals surface area (Å²) in [5.74, 6) is 0.942. The SMILES string of the molecule is N=C(N)c1ccc(OC2CCOC3(CCC3)C2)cc1. The van der Waals surface area contributed by atoms with E-state index < -0.39 is 0 Å². The van der Waals surface area contributed by atoms with Crippen molar-refractivity contribution < 1.29 is 9.47 Å². The van der Waals surface area contributed by atoms with Crippen LogP contribution in [0.25, 0.3) is 0 Å². The summed E-state index contributed by atoms with van der Waals surface area (Å²) in [5.41, 5.74) is 6.28. The fraction of sp³-hybridized carbons (Fsp3) is 0.533. The molecule has 19 heavy (non-hydrogen) atoms. The second kappa shape index (κ2) is 4.85. The Morgan fingerprint density at radius 3 is 2.63 bits per heavy atom. The number of rotatable bonds is 3. The van der Waals surface area contributed by atoms with Crippen LogP contribution in [0.2, 0.25) is 0 Å². The molecule has 1 unspecified atom stereocenters. The second-order valence-electron chi connectivity index (χ2n) is 5.56. The van der Waals surface area contributed by atoms with Crippen molar-refractivity contribution in [3.63, 3.8) is 0 Å². The standard InChI is InChI=1S/C15H20N2O2/c16-14(17)11-2-4-12(5-3-11)19-13-6-9-18-15(10-13)7-1-8-15/h2-5,13H,1,6-10H2,(H3,16,17). The van der Waals surface area contributed by atoms with Crippen LogP contribution < -0.4 is 10.5 Å². The highest BCUT2D eigenvalue weighted by molar-refractivity contribution is 5.94. The number of nitrogen functional groups attached to an aromatic ring is 1. The molecule has 1 saturated carbocycles. The molecule has 4 nitrogen and oxygen atoms in total. The number of hydrogen-bond donors (Lipinski definition) is 2. The van der Waals surface area contributed by atoms with Crippen LogP contribution in [-0.4, -0.2) is 24.1 Å². The molecule has 0 bridgehead atoms. The molecule has 102 valence electrons. The largest absolute Gasteiger partial charge is 0.490 e. The Labute approximate surface area is 113 Å². The van der Waals surface area contributed by atoms with Gasteiger partial charge in [-0.3, -0.25) is 5.41 Å². The minimum Gasteiger partial charge on any atom is -0.490 e. The summed E-state index contributed by atoms with van der Waals surface area (Å²) in [4.78, 5) is 0. The third-order valence-corrected chi connectivity index (χ3v) is 4.18. The van der Waals surface area contributed by atoms with Gasteiger partial charge in [0.05, 0.1) is 12.2 Å². The molecule has 1 aromatic rings. The van der Waals surface area contributed by atoms with Gasteiger partial charge in [0.25, 0.3) is 0 Å². The van der Waals surface area contributed by atoms with E-state index in [2.05, 4.69) is 0 Å². The zero-order chi connectivity index (χ0) is 13.3. The van der Waals surface area contributed by atoms with Gasteiger partial charge in [-0.1, -0.05) is 0 Å². The minimum atomic E-state index is 0.0889. The average molecular weight is 260 g/mol. The van der Waals surface area contributed by atoms with Crippen LogP contribution in [0.4, 0.5) is 0 Å². The summed E-state index contributed by atoms with van der Waals surface area (Å²) < 4.78 is 11.9. The molecule has 3 N–H and O–H groups in total. The Morgan fingerprint density at radius 1 is 1.32 bits per heavy atom. The summed E-state index contributed by atoms with van der Waals surface area (Å²) >= 11 is 0. The normalized spacial score (nSPS) is 24.7. The fourth-order valence-corrected chi connectivity index (χ4v) is 2.91. The third kappa shape index (κ3) is 2.59. The van der Waals surface area contributed by atoms with Gasteiger partial charge in [0, 0.05) is 18.4 Å². The van der Waals surface area contributed by atoms with E-state index in [1.165, 1.54) is 19.3 Å². The van der Waals surface area contributed by atoms with Crippen molar-refractivity contribution in [2.45, 2.75) is 43.8 Å². The van der Waals surface area contributed by atoms with Crippen LogP contribution in [0, 0.1) is 5.41 Å². The predicted octanol–water partition coefficient (Wildman–Crippen LogP) is 2.45. The molecular weight excluding hydrogens is 240 g/mol.